The van der Waals surface area contributed by atoms with Gasteiger partial charge in [0.1, 0.15) is 5.82 Å². The van der Waals surface area contributed by atoms with E-state index < -0.39 is 0 Å². The van der Waals surface area contributed by atoms with Gasteiger partial charge >= 0.3 is 0 Å². The van der Waals surface area contributed by atoms with Gasteiger partial charge in [-0.25, -0.2) is 9.07 Å². The van der Waals surface area contributed by atoms with E-state index in [1.54, 1.807) is 10.7 Å². The summed E-state index contributed by atoms with van der Waals surface area (Å²) < 4.78 is 15.2. The molecule has 1 aromatic carbocycles. The maximum Gasteiger partial charge on any atom is 0.125 e. The third-order valence-electron chi connectivity index (χ3n) is 2.51. The molecule has 90 valence electrons. The molecule has 0 unspecified atom stereocenters. The van der Waals surface area contributed by atoms with Crippen molar-refractivity contribution >= 4 is 0 Å². The van der Waals surface area contributed by atoms with Gasteiger partial charge in [0, 0.05) is 12.7 Å². The number of hydrogen-bond acceptors (Lipinski definition) is 2. The number of rotatable bonds is 4. The Balaban J connectivity index is 2.31. The molecule has 2 rings (SSSR count). The molecule has 1 aromatic heterocycles. The van der Waals surface area contributed by atoms with Crippen molar-refractivity contribution in [1.29, 1.82) is 0 Å². The van der Waals surface area contributed by atoms with Crippen molar-refractivity contribution in [1.82, 2.24) is 15.1 Å². The first-order chi connectivity index (χ1) is 8.19. The Morgan fingerprint density at radius 2 is 2.18 bits per heavy atom. The van der Waals surface area contributed by atoms with Crippen molar-refractivity contribution < 1.29 is 4.39 Å². The monoisotopic (exact) mass is 233 g/mol. The van der Waals surface area contributed by atoms with E-state index in [1.807, 2.05) is 32.2 Å². The van der Waals surface area contributed by atoms with Gasteiger partial charge in [-0.1, -0.05) is 6.92 Å². The SMILES string of the molecule is CCNCc1cc(F)cc(-n2ccc(C)n2)c1. The van der Waals surface area contributed by atoms with Crippen molar-refractivity contribution in [3.05, 3.63) is 47.5 Å². The van der Waals surface area contributed by atoms with E-state index in [2.05, 4.69) is 10.4 Å². The van der Waals surface area contributed by atoms with Crippen LogP contribution in [-0.2, 0) is 6.54 Å². The average Bonchev–Trinajstić information content (AvgIpc) is 2.72. The number of aryl methyl sites for hydroxylation is 1. The summed E-state index contributed by atoms with van der Waals surface area (Å²) >= 11 is 0. The third kappa shape index (κ3) is 2.91. The van der Waals surface area contributed by atoms with E-state index >= 15 is 0 Å². The first-order valence-corrected chi connectivity index (χ1v) is 5.72. The predicted molar refractivity (Wildman–Crippen MR) is 65.6 cm³/mol. The Kier molecular flexibility index (Phi) is 3.54. The van der Waals surface area contributed by atoms with E-state index in [4.69, 9.17) is 0 Å². The van der Waals surface area contributed by atoms with Gasteiger partial charge in [-0.3, -0.25) is 0 Å². The summed E-state index contributed by atoms with van der Waals surface area (Å²) in [6.07, 6.45) is 1.83. The van der Waals surface area contributed by atoms with Gasteiger partial charge < -0.3 is 5.32 Å². The summed E-state index contributed by atoms with van der Waals surface area (Å²) in [5.74, 6) is -0.233. The van der Waals surface area contributed by atoms with Crippen LogP contribution in [0.3, 0.4) is 0 Å². The lowest BCUT2D eigenvalue weighted by Gasteiger charge is -2.06. The van der Waals surface area contributed by atoms with E-state index in [0.717, 1.165) is 23.5 Å². The van der Waals surface area contributed by atoms with E-state index in [1.165, 1.54) is 6.07 Å². The molecular weight excluding hydrogens is 217 g/mol. The standard InChI is InChI=1S/C13H16FN3/c1-3-15-9-11-6-12(14)8-13(7-11)17-5-4-10(2)16-17/h4-8,15H,3,9H2,1-2H3. The molecule has 0 radical (unpaired) electrons. The minimum Gasteiger partial charge on any atom is -0.313 e. The van der Waals surface area contributed by atoms with E-state index in [9.17, 15) is 4.39 Å². The molecule has 0 aliphatic rings. The highest BCUT2D eigenvalue weighted by molar-refractivity contribution is 5.36. The van der Waals surface area contributed by atoms with Crippen LogP contribution in [0.5, 0.6) is 0 Å². The second-order valence-electron chi connectivity index (χ2n) is 4.00. The molecule has 4 heteroatoms. The molecule has 0 amide bonds. The molecule has 17 heavy (non-hydrogen) atoms. The molecule has 0 saturated heterocycles. The second kappa shape index (κ2) is 5.10. The number of halogens is 1. The summed E-state index contributed by atoms with van der Waals surface area (Å²) in [5.41, 5.74) is 2.60. The van der Waals surface area contributed by atoms with Crippen molar-refractivity contribution in [2.45, 2.75) is 20.4 Å². The number of nitrogens with one attached hydrogen (secondary N) is 1. The van der Waals surface area contributed by atoms with Crippen LogP contribution in [0.25, 0.3) is 5.69 Å². The van der Waals surface area contributed by atoms with Crippen LogP contribution in [-0.4, -0.2) is 16.3 Å². The largest absolute Gasteiger partial charge is 0.313 e. The Morgan fingerprint density at radius 3 is 2.82 bits per heavy atom. The zero-order valence-electron chi connectivity index (χ0n) is 10.1. The minimum atomic E-state index is -0.233. The maximum atomic E-state index is 13.5. The van der Waals surface area contributed by atoms with Crippen LogP contribution in [0.4, 0.5) is 4.39 Å². The van der Waals surface area contributed by atoms with Crippen LogP contribution in [0.2, 0.25) is 0 Å². The molecule has 0 fully saturated rings. The van der Waals surface area contributed by atoms with Crippen molar-refractivity contribution in [2.24, 2.45) is 0 Å². The fraction of sp³-hybridized carbons (Fsp3) is 0.308. The normalized spacial score (nSPS) is 10.8. The fourth-order valence-corrected chi connectivity index (χ4v) is 1.70. The van der Waals surface area contributed by atoms with Gasteiger partial charge in [0.05, 0.1) is 11.4 Å². The molecule has 0 aliphatic carbocycles. The molecule has 2 aromatic rings. The van der Waals surface area contributed by atoms with Gasteiger partial charge in [-0.15, -0.1) is 0 Å². The molecule has 3 nitrogen and oxygen atoms in total. The summed E-state index contributed by atoms with van der Waals surface area (Å²) in [6.45, 7) is 5.47. The van der Waals surface area contributed by atoms with Gasteiger partial charge in [0.2, 0.25) is 0 Å². The number of hydrogen-bond donors (Lipinski definition) is 1. The predicted octanol–water partition coefficient (Wildman–Crippen LogP) is 2.43. The number of aromatic nitrogens is 2. The smallest absolute Gasteiger partial charge is 0.125 e. The van der Waals surface area contributed by atoms with Crippen molar-refractivity contribution in [3.8, 4) is 5.69 Å². The molecule has 0 spiro atoms. The minimum absolute atomic E-state index is 0.233. The first-order valence-electron chi connectivity index (χ1n) is 5.72. The lowest BCUT2D eigenvalue weighted by Crippen LogP contribution is -2.12. The second-order valence-corrected chi connectivity index (χ2v) is 4.00. The lowest BCUT2D eigenvalue weighted by atomic mass is 10.2. The molecule has 0 saturated carbocycles. The molecule has 0 aliphatic heterocycles. The third-order valence-corrected chi connectivity index (χ3v) is 2.51. The fourth-order valence-electron chi connectivity index (χ4n) is 1.70. The molecule has 0 atom stereocenters. The van der Waals surface area contributed by atoms with E-state index in [0.29, 0.717) is 6.54 Å². The van der Waals surface area contributed by atoms with E-state index in [-0.39, 0.29) is 5.82 Å². The van der Waals surface area contributed by atoms with Crippen LogP contribution in [0, 0.1) is 12.7 Å². The average molecular weight is 233 g/mol. The Labute approximate surface area is 100 Å². The summed E-state index contributed by atoms with van der Waals surface area (Å²) in [7, 11) is 0. The highest BCUT2D eigenvalue weighted by atomic mass is 19.1. The molecular formula is C13H16FN3. The van der Waals surface area contributed by atoms with Crippen molar-refractivity contribution in [3.63, 3.8) is 0 Å². The van der Waals surface area contributed by atoms with Crippen LogP contribution in [0.1, 0.15) is 18.2 Å². The molecule has 1 heterocycles. The van der Waals surface area contributed by atoms with Gasteiger partial charge in [-0.05, 0) is 43.3 Å². The van der Waals surface area contributed by atoms with Crippen LogP contribution < -0.4 is 5.32 Å². The maximum absolute atomic E-state index is 13.5. The summed E-state index contributed by atoms with van der Waals surface area (Å²) in [6, 6.07) is 6.87. The molecule has 1 N–H and O–H groups in total. The number of benzene rings is 1. The summed E-state index contributed by atoms with van der Waals surface area (Å²) in [4.78, 5) is 0. The Hall–Kier alpha value is -1.68. The lowest BCUT2D eigenvalue weighted by molar-refractivity contribution is 0.619. The van der Waals surface area contributed by atoms with Crippen LogP contribution >= 0.6 is 0 Å². The highest BCUT2D eigenvalue weighted by Gasteiger charge is 2.03. The van der Waals surface area contributed by atoms with Crippen molar-refractivity contribution in [2.75, 3.05) is 6.54 Å². The topological polar surface area (TPSA) is 29.9 Å². The Bertz CT molecular complexity index is 505. The van der Waals surface area contributed by atoms with Gasteiger partial charge in [0.15, 0.2) is 0 Å². The zero-order chi connectivity index (χ0) is 12.3. The van der Waals surface area contributed by atoms with Gasteiger partial charge in [-0.2, -0.15) is 5.10 Å². The first kappa shape index (κ1) is 11.8. The Morgan fingerprint density at radius 1 is 1.35 bits per heavy atom. The number of nitrogens with zero attached hydrogens (tertiary/aromatic N) is 2. The van der Waals surface area contributed by atoms with Gasteiger partial charge in [0.25, 0.3) is 0 Å². The molecule has 0 bridgehead atoms. The summed E-state index contributed by atoms with van der Waals surface area (Å²) in [5, 5.41) is 7.45. The quantitative estimate of drug-likeness (QED) is 0.879. The zero-order valence-corrected chi connectivity index (χ0v) is 10.1. The van der Waals surface area contributed by atoms with Crippen LogP contribution in [0.15, 0.2) is 30.5 Å². The highest BCUT2D eigenvalue weighted by Crippen LogP contribution is 2.13.